The lowest BCUT2D eigenvalue weighted by atomic mass is 10.2. The topological polar surface area (TPSA) is 87.1 Å². The van der Waals surface area contributed by atoms with E-state index >= 15 is 0 Å². The fraction of sp³-hybridized carbons (Fsp3) is 0.308. The third kappa shape index (κ3) is 3.75. The summed E-state index contributed by atoms with van der Waals surface area (Å²) in [6.07, 6.45) is 0.984. The molecule has 1 heterocycles. The van der Waals surface area contributed by atoms with E-state index in [0.717, 1.165) is 18.5 Å². The first-order valence-electron chi connectivity index (χ1n) is 6.31. The van der Waals surface area contributed by atoms with E-state index in [-0.39, 0.29) is 12.5 Å². The van der Waals surface area contributed by atoms with Crippen LogP contribution in [0.1, 0.15) is 28.7 Å². The minimum absolute atomic E-state index is 0.0168. The van der Waals surface area contributed by atoms with E-state index in [1.54, 1.807) is 24.3 Å². The van der Waals surface area contributed by atoms with E-state index in [4.69, 9.17) is 5.11 Å². The van der Waals surface area contributed by atoms with Gasteiger partial charge in [0, 0.05) is 12.2 Å². The molecule has 0 atom stereocenters. The summed E-state index contributed by atoms with van der Waals surface area (Å²) in [5.41, 5.74) is 1.45. The van der Waals surface area contributed by atoms with Gasteiger partial charge in [-0.05, 0) is 24.1 Å². The number of benzene rings is 1. The first kappa shape index (κ1) is 14.4. The molecule has 1 aromatic heterocycles. The minimum atomic E-state index is -0.288. The van der Waals surface area contributed by atoms with Crippen LogP contribution in [0.3, 0.4) is 0 Å². The quantitative estimate of drug-likeness (QED) is 0.759. The number of carbonyl (C=O) groups is 1. The van der Waals surface area contributed by atoms with Crippen LogP contribution in [0.4, 0.5) is 10.8 Å². The van der Waals surface area contributed by atoms with Crippen molar-refractivity contribution in [2.24, 2.45) is 0 Å². The van der Waals surface area contributed by atoms with Gasteiger partial charge >= 0.3 is 0 Å². The Labute approximate surface area is 120 Å². The van der Waals surface area contributed by atoms with Gasteiger partial charge in [0.1, 0.15) is 0 Å². The molecule has 0 aliphatic rings. The summed E-state index contributed by atoms with van der Waals surface area (Å²) in [7, 11) is 0. The third-order valence-corrected chi connectivity index (χ3v) is 3.42. The highest BCUT2D eigenvalue weighted by Crippen LogP contribution is 2.17. The molecule has 20 heavy (non-hydrogen) atoms. The van der Waals surface area contributed by atoms with E-state index in [1.807, 2.05) is 0 Å². The third-order valence-electron chi connectivity index (χ3n) is 2.54. The highest BCUT2D eigenvalue weighted by atomic mass is 32.1. The molecule has 0 aliphatic carbocycles. The van der Waals surface area contributed by atoms with Gasteiger partial charge in [-0.2, -0.15) is 0 Å². The van der Waals surface area contributed by atoms with Gasteiger partial charge in [-0.1, -0.05) is 30.4 Å². The SMILES string of the molecule is CCCNc1nnc(C(=O)Nc2ccc(CO)cc2)s1. The summed E-state index contributed by atoms with van der Waals surface area (Å²) in [4.78, 5) is 12.0. The van der Waals surface area contributed by atoms with Crippen LogP contribution in [0.5, 0.6) is 0 Å². The molecular formula is C13H16N4O2S. The van der Waals surface area contributed by atoms with Crippen molar-refractivity contribution in [2.45, 2.75) is 20.0 Å². The molecule has 1 aromatic carbocycles. The monoisotopic (exact) mass is 292 g/mol. The highest BCUT2D eigenvalue weighted by molar-refractivity contribution is 7.17. The number of nitrogens with one attached hydrogen (secondary N) is 2. The maximum Gasteiger partial charge on any atom is 0.286 e. The largest absolute Gasteiger partial charge is 0.392 e. The van der Waals surface area contributed by atoms with Gasteiger partial charge in [-0.15, -0.1) is 10.2 Å². The number of anilines is 2. The number of aliphatic hydroxyl groups is 1. The maximum atomic E-state index is 12.0. The van der Waals surface area contributed by atoms with E-state index in [2.05, 4.69) is 27.8 Å². The van der Waals surface area contributed by atoms with Gasteiger partial charge in [0.2, 0.25) is 10.1 Å². The van der Waals surface area contributed by atoms with Crippen molar-refractivity contribution in [3.8, 4) is 0 Å². The smallest absolute Gasteiger partial charge is 0.286 e. The number of carbonyl (C=O) groups excluding carboxylic acids is 1. The summed E-state index contributed by atoms with van der Waals surface area (Å²) >= 11 is 1.22. The zero-order valence-corrected chi connectivity index (χ0v) is 11.9. The molecule has 0 saturated carbocycles. The van der Waals surface area contributed by atoms with Gasteiger partial charge < -0.3 is 15.7 Å². The van der Waals surface area contributed by atoms with Crippen molar-refractivity contribution in [1.82, 2.24) is 10.2 Å². The van der Waals surface area contributed by atoms with E-state index in [0.29, 0.717) is 15.8 Å². The molecule has 3 N–H and O–H groups in total. The molecule has 2 rings (SSSR count). The zero-order valence-electron chi connectivity index (χ0n) is 11.1. The Morgan fingerprint density at radius 3 is 2.70 bits per heavy atom. The van der Waals surface area contributed by atoms with E-state index in [9.17, 15) is 4.79 Å². The molecule has 7 heteroatoms. The molecule has 2 aromatic rings. The lowest BCUT2D eigenvalue weighted by Crippen LogP contribution is -2.11. The number of nitrogens with zero attached hydrogens (tertiary/aromatic N) is 2. The maximum absolute atomic E-state index is 12.0. The van der Waals surface area contributed by atoms with Crippen LogP contribution in [0.25, 0.3) is 0 Å². The molecule has 0 spiro atoms. The Bertz CT molecular complexity index is 568. The molecule has 0 unspecified atom stereocenters. The molecule has 106 valence electrons. The van der Waals surface area contributed by atoms with Gasteiger partial charge in [0.05, 0.1) is 6.61 Å². The van der Waals surface area contributed by atoms with Gasteiger partial charge in [-0.25, -0.2) is 0 Å². The fourth-order valence-electron chi connectivity index (χ4n) is 1.50. The van der Waals surface area contributed by atoms with Crippen molar-refractivity contribution >= 4 is 28.1 Å². The Morgan fingerprint density at radius 1 is 1.30 bits per heavy atom. The van der Waals surface area contributed by atoms with Gasteiger partial charge in [0.25, 0.3) is 5.91 Å². The summed E-state index contributed by atoms with van der Waals surface area (Å²) in [5, 5.41) is 23.5. The number of aromatic nitrogens is 2. The summed E-state index contributed by atoms with van der Waals surface area (Å²) in [6.45, 7) is 2.84. The second-order valence-electron chi connectivity index (χ2n) is 4.15. The second kappa shape index (κ2) is 6.97. The van der Waals surface area contributed by atoms with Gasteiger partial charge in [0.15, 0.2) is 0 Å². The number of hydrogen-bond acceptors (Lipinski definition) is 6. The number of amides is 1. The molecule has 1 amide bonds. The van der Waals surface area contributed by atoms with Crippen molar-refractivity contribution in [3.63, 3.8) is 0 Å². The molecule has 0 aliphatic heterocycles. The molecule has 0 bridgehead atoms. The Balaban J connectivity index is 1.98. The Hall–Kier alpha value is -1.99. The average molecular weight is 292 g/mol. The zero-order chi connectivity index (χ0) is 14.4. The van der Waals surface area contributed by atoms with Crippen molar-refractivity contribution in [3.05, 3.63) is 34.8 Å². The molecule has 6 nitrogen and oxygen atoms in total. The number of rotatable bonds is 6. The standard InChI is InChI=1S/C13H16N4O2S/c1-2-7-14-13-17-16-12(20-13)11(19)15-10-5-3-9(8-18)4-6-10/h3-6,18H,2,7-8H2,1H3,(H,14,17)(H,15,19). The average Bonchev–Trinajstić information content (AvgIpc) is 2.95. The van der Waals surface area contributed by atoms with E-state index in [1.165, 1.54) is 11.3 Å². The van der Waals surface area contributed by atoms with Crippen LogP contribution in [0.2, 0.25) is 0 Å². The highest BCUT2D eigenvalue weighted by Gasteiger charge is 2.12. The lowest BCUT2D eigenvalue weighted by Gasteiger charge is -2.03. The first-order valence-corrected chi connectivity index (χ1v) is 7.13. The second-order valence-corrected chi connectivity index (χ2v) is 5.13. The van der Waals surface area contributed by atoms with Crippen LogP contribution >= 0.6 is 11.3 Å². The molecular weight excluding hydrogens is 276 g/mol. The normalized spacial score (nSPS) is 10.3. The Kier molecular flexibility index (Phi) is 5.03. The Morgan fingerprint density at radius 2 is 2.05 bits per heavy atom. The van der Waals surface area contributed by atoms with Crippen LogP contribution in [-0.4, -0.2) is 27.8 Å². The lowest BCUT2D eigenvalue weighted by molar-refractivity contribution is 0.102. The van der Waals surface area contributed by atoms with Crippen molar-refractivity contribution in [2.75, 3.05) is 17.2 Å². The molecule has 0 saturated heterocycles. The molecule has 0 fully saturated rings. The summed E-state index contributed by atoms with van der Waals surface area (Å²) in [5.74, 6) is -0.288. The first-order chi connectivity index (χ1) is 9.72. The van der Waals surface area contributed by atoms with Crippen molar-refractivity contribution < 1.29 is 9.90 Å². The van der Waals surface area contributed by atoms with Crippen molar-refractivity contribution in [1.29, 1.82) is 0 Å². The predicted molar refractivity (Wildman–Crippen MR) is 79.0 cm³/mol. The van der Waals surface area contributed by atoms with Crippen LogP contribution in [0.15, 0.2) is 24.3 Å². The fourth-order valence-corrected chi connectivity index (χ4v) is 2.16. The summed E-state index contributed by atoms with van der Waals surface area (Å²) in [6, 6.07) is 6.98. The van der Waals surface area contributed by atoms with E-state index < -0.39 is 0 Å². The predicted octanol–water partition coefficient (Wildman–Crippen LogP) is 2.10. The number of aliphatic hydroxyl groups excluding tert-OH is 1. The van der Waals surface area contributed by atoms with Crippen LogP contribution in [0, 0.1) is 0 Å². The minimum Gasteiger partial charge on any atom is -0.392 e. The molecule has 0 radical (unpaired) electrons. The number of hydrogen-bond donors (Lipinski definition) is 3. The van der Waals surface area contributed by atoms with Crippen LogP contribution < -0.4 is 10.6 Å². The van der Waals surface area contributed by atoms with Gasteiger partial charge in [-0.3, -0.25) is 4.79 Å². The summed E-state index contributed by atoms with van der Waals surface area (Å²) < 4.78 is 0. The van der Waals surface area contributed by atoms with Crippen LogP contribution in [-0.2, 0) is 6.61 Å².